The molecule has 0 N–H and O–H groups in total. The molecule has 0 unspecified atom stereocenters. The lowest BCUT2D eigenvalue weighted by molar-refractivity contribution is 0.447. The van der Waals surface area contributed by atoms with Gasteiger partial charge in [0, 0.05) is 11.8 Å². The van der Waals surface area contributed by atoms with Crippen molar-refractivity contribution < 1.29 is 8.91 Å². The highest BCUT2D eigenvalue weighted by Crippen LogP contribution is 2.19. The summed E-state index contributed by atoms with van der Waals surface area (Å²) < 4.78 is 17.9. The highest BCUT2D eigenvalue weighted by molar-refractivity contribution is 7.80. The maximum Gasteiger partial charge on any atom is 0.167 e. The molecule has 0 aliphatic carbocycles. The molecule has 0 saturated carbocycles. The standard InChI is InChI=1S/C9H8FNOS/c10-6-1-2-9-7(5-6)8(3-4-13)11-12-9/h1-2,5,13H,3-4H2. The second-order valence-electron chi connectivity index (χ2n) is 2.74. The topological polar surface area (TPSA) is 26.0 Å². The molecular formula is C9H8FNOS. The maximum atomic E-state index is 12.8. The van der Waals surface area contributed by atoms with Crippen LogP contribution in [0.5, 0.6) is 0 Å². The van der Waals surface area contributed by atoms with Crippen molar-refractivity contribution >= 4 is 23.6 Å². The predicted molar refractivity (Wildman–Crippen MR) is 51.5 cm³/mol. The maximum absolute atomic E-state index is 12.8. The van der Waals surface area contributed by atoms with Gasteiger partial charge in [-0.15, -0.1) is 0 Å². The van der Waals surface area contributed by atoms with Gasteiger partial charge in [-0.25, -0.2) is 4.39 Å². The second-order valence-corrected chi connectivity index (χ2v) is 3.19. The Morgan fingerprint density at radius 2 is 2.31 bits per heavy atom. The minimum Gasteiger partial charge on any atom is -0.356 e. The molecule has 0 spiro atoms. The van der Waals surface area contributed by atoms with Crippen LogP contribution in [-0.4, -0.2) is 10.9 Å². The molecule has 4 heteroatoms. The SMILES string of the molecule is Fc1ccc2onc(CCS)c2c1. The number of hydrogen-bond acceptors (Lipinski definition) is 3. The van der Waals surface area contributed by atoms with Crippen LogP contribution in [0.3, 0.4) is 0 Å². The molecule has 0 aliphatic heterocycles. The number of hydrogen-bond donors (Lipinski definition) is 1. The number of rotatable bonds is 2. The Morgan fingerprint density at radius 3 is 3.08 bits per heavy atom. The van der Waals surface area contributed by atoms with E-state index in [2.05, 4.69) is 17.8 Å². The summed E-state index contributed by atoms with van der Waals surface area (Å²) >= 11 is 4.08. The lowest BCUT2D eigenvalue weighted by atomic mass is 10.2. The number of aromatic nitrogens is 1. The van der Waals surface area contributed by atoms with Gasteiger partial charge in [-0.1, -0.05) is 5.16 Å². The van der Waals surface area contributed by atoms with E-state index in [0.29, 0.717) is 17.8 Å². The Morgan fingerprint density at radius 1 is 1.46 bits per heavy atom. The van der Waals surface area contributed by atoms with E-state index in [-0.39, 0.29) is 5.82 Å². The summed E-state index contributed by atoms with van der Waals surface area (Å²) in [7, 11) is 0. The molecule has 2 aromatic rings. The molecule has 2 nitrogen and oxygen atoms in total. The van der Waals surface area contributed by atoms with Gasteiger partial charge in [0.05, 0.1) is 5.69 Å². The lowest BCUT2D eigenvalue weighted by Crippen LogP contribution is -1.86. The first-order valence-corrected chi connectivity index (χ1v) is 4.59. The summed E-state index contributed by atoms with van der Waals surface area (Å²) in [5, 5.41) is 4.58. The van der Waals surface area contributed by atoms with Crippen molar-refractivity contribution in [2.24, 2.45) is 0 Å². The summed E-state index contributed by atoms with van der Waals surface area (Å²) in [4.78, 5) is 0. The normalized spacial score (nSPS) is 10.9. The quantitative estimate of drug-likeness (QED) is 0.748. The Balaban J connectivity index is 2.58. The first kappa shape index (κ1) is 8.56. The number of aryl methyl sites for hydroxylation is 1. The number of benzene rings is 1. The van der Waals surface area contributed by atoms with Crippen LogP contribution in [0.2, 0.25) is 0 Å². The van der Waals surface area contributed by atoms with E-state index >= 15 is 0 Å². The molecule has 0 atom stereocenters. The first-order chi connectivity index (χ1) is 6.31. The zero-order valence-electron chi connectivity index (χ0n) is 6.83. The summed E-state index contributed by atoms with van der Waals surface area (Å²) in [6.45, 7) is 0. The predicted octanol–water partition coefficient (Wildman–Crippen LogP) is 2.44. The number of fused-ring (bicyclic) bond motifs is 1. The number of thiol groups is 1. The van der Waals surface area contributed by atoms with Gasteiger partial charge in [-0.05, 0) is 24.0 Å². The fourth-order valence-electron chi connectivity index (χ4n) is 1.25. The summed E-state index contributed by atoms with van der Waals surface area (Å²) in [5.41, 5.74) is 1.39. The smallest absolute Gasteiger partial charge is 0.167 e. The molecule has 1 aromatic heterocycles. The first-order valence-electron chi connectivity index (χ1n) is 3.96. The van der Waals surface area contributed by atoms with Crippen LogP contribution < -0.4 is 0 Å². The van der Waals surface area contributed by atoms with Gasteiger partial charge in [0.1, 0.15) is 5.82 Å². The molecule has 1 aromatic carbocycles. The third-order valence-electron chi connectivity index (χ3n) is 1.86. The fourth-order valence-corrected chi connectivity index (χ4v) is 1.46. The summed E-state index contributed by atoms with van der Waals surface area (Å²) in [5.74, 6) is 0.411. The highest BCUT2D eigenvalue weighted by atomic mass is 32.1. The van der Waals surface area contributed by atoms with E-state index < -0.39 is 0 Å². The van der Waals surface area contributed by atoms with Crippen molar-refractivity contribution in [1.82, 2.24) is 5.16 Å². The van der Waals surface area contributed by atoms with Gasteiger partial charge in [-0.3, -0.25) is 0 Å². The zero-order valence-corrected chi connectivity index (χ0v) is 7.72. The highest BCUT2D eigenvalue weighted by Gasteiger charge is 2.07. The lowest BCUT2D eigenvalue weighted by Gasteiger charge is -1.91. The number of nitrogens with zero attached hydrogens (tertiary/aromatic N) is 1. The van der Waals surface area contributed by atoms with E-state index in [1.54, 1.807) is 6.07 Å². The average molecular weight is 197 g/mol. The van der Waals surface area contributed by atoms with E-state index in [0.717, 1.165) is 11.1 Å². The Kier molecular flexibility index (Phi) is 2.22. The van der Waals surface area contributed by atoms with Crippen LogP contribution in [0.25, 0.3) is 11.0 Å². The van der Waals surface area contributed by atoms with E-state index in [9.17, 15) is 4.39 Å². The van der Waals surface area contributed by atoms with Gasteiger partial charge in [0.15, 0.2) is 5.58 Å². The van der Waals surface area contributed by atoms with Gasteiger partial charge in [0.2, 0.25) is 0 Å². The molecule has 68 valence electrons. The van der Waals surface area contributed by atoms with Gasteiger partial charge < -0.3 is 4.52 Å². The molecule has 0 fully saturated rings. The molecule has 13 heavy (non-hydrogen) atoms. The van der Waals surface area contributed by atoms with Crippen molar-refractivity contribution in [3.8, 4) is 0 Å². The fraction of sp³-hybridized carbons (Fsp3) is 0.222. The molecular weight excluding hydrogens is 189 g/mol. The third kappa shape index (κ3) is 1.54. The minimum absolute atomic E-state index is 0.267. The molecule has 0 saturated heterocycles. The van der Waals surface area contributed by atoms with Crippen molar-refractivity contribution in [1.29, 1.82) is 0 Å². The van der Waals surface area contributed by atoms with Crippen molar-refractivity contribution in [3.05, 3.63) is 29.7 Å². The Bertz CT molecular complexity index is 426. The van der Waals surface area contributed by atoms with Crippen molar-refractivity contribution in [2.45, 2.75) is 6.42 Å². The van der Waals surface area contributed by atoms with Crippen molar-refractivity contribution in [3.63, 3.8) is 0 Å². The Labute approximate surface area is 80.1 Å². The van der Waals surface area contributed by atoms with Gasteiger partial charge in [-0.2, -0.15) is 12.6 Å². The van der Waals surface area contributed by atoms with Crippen LogP contribution in [0.15, 0.2) is 22.7 Å². The largest absolute Gasteiger partial charge is 0.356 e. The molecule has 0 aliphatic rings. The summed E-state index contributed by atoms with van der Waals surface area (Å²) in [6.07, 6.45) is 0.694. The van der Waals surface area contributed by atoms with Gasteiger partial charge in [0.25, 0.3) is 0 Å². The van der Waals surface area contributed by atoms with Crippen LogP contribution in [0, 0.1) is 5.82 Å². The molecule has 1 heterocycles. The van der Waals surface area contributed by atoms with Crippen molar-refractivity contribution in [2.75, 3.05) is 5.75 Å². The van der Waals surface area contributed by atoms with Crippen LogP contribution >= 0.6 is 12.6 Å². The van der Waals surface area contributed by atoms with Crippen LogP contribution in [0.1, 0.15) is 5.69 Å². The van der Waals surface area contributed by atoms with E-state index in [1.807, 2.05) is 0 Å². The van der Waals surface area contributed by atoms with Crippen LogP contribution in [0.4, 0.5) is 4.39 Å². The molecule has 0 bridgehead atoms. The number of halogens is 1. The monoisotopic (exact) mass is 197 g/mol. The third-order valence-corrected chi connectivity index (χ3v) is 2.08. The average Bonchev–Trinajstić information content (AvgIpc) is 2.49. The molecule has 2 rings (SSSR count). The second kappa shape index (κ2) is 3.38. The summed E-state index contributed by atoms with van der Waals surface area (Å²) in [6, 6.07) is 4.38. The van der Waals surface area contributed by atoms with E-state index in [4.69, 9.17) is 4.52 Å². The Hall–Kier alpha value is -1.03. The van der Waals surface area contributed by atoms with Gasteiger partial charge >= 0.3 is 0 Å². The zero-order chi connectivity index (χ0) is 9.26. The minimum atomic E-state index is -0.267. The van der Waals surface area contributed by atoms with E-state index in [1.165, 1.54) is 12.1 Å². The van der Waals surface area contributed by atoms with Crippen LogP contribution in [-0.2, 0) is 6.42 Å². The molecule has 0 amide bonds. The molecule has 0 radical (unpaired) electrons.